The van der Waals surface area contributed by atoms with Crippen molar-refractivity contribution in [3.8, 4) is 11.8 Å². The van der Waals surface area contributed by atoms with Crippen molar-refractivity contribution < 1.29 is 9.88 Å². The van der Waals surface area contributed by atoms with Gasteiger partial charge >= 0.3 is 0 Å². The predicted molar refractivity (Wildman–Crippen MR) is 44.5 cm³/mol. The Hall–Kier alpha value is -1.34. The van der Waals surface area contributed by atoms with Gasteiger partial charge in [-0.05, 0) is 12.1 Å². The minimum Gasteiger partial charge on any atom is -0.205 e. The summed E-state index contributed by atoms with van der Waals surface area (Å²) in [5, 5.41) is 0. The van der Waals surface area contributed by atoms with E-state index < -0.39 is 0 Å². The van der Waals surface area contributed by atoms with E-state index in [0.717, 1.165) is 5.56 Å². The molecule has 0 heterocycles. The second-order valence-corrected chi connectivity index (χ2v) is 2.03. The average Bonchev–Trinajstić information content (AvgIpc) is 2.14. The van der Waals surface area contributed by atoms with Crippen molar-refractivity contribution in [3.63, 3.8) is 0 Å². The van der Waals surface area contributed by atoms with Crippen molar-refractivity contribution in [3.05, 3.63) is 35.9 Å². The highest BCUT2D eigenvalue weighted by molar-refractivity contribution is 5.33. The molecule has 0 fully saturated rings. The quantitative estimate of drug-likeness (QED) is 0.304. The summed E-state index contributed by atoms with van der Waals surface area (Å²) in [6.45, 7) is 0.172. The largest absolute Gasteiger partial charge is 0.205 e. The number of benzene rings is 1. The fourth-order valence-electron chi connectivity index (χ4n) is 0.723. The number of hydrogen-bond donors (Lipinski definition) is 1. The lowest BCUT2D eigenvalue weighted by atomic mass is 10.2. The van der Waals surface area contributed by atoms with E-state index >= 15 is 0 Å². The Morgan fingerprint density at radius 1 is 1.25 bits per heavy atom. The van der Waals surface area contributed by atoms with Crippen LogP contribution in [0.5, 0.6) is 0 Å². The zero-order chi connectivity index (χ0) is 8.65. The maximum absolute atomic E-state index is 4.62. The molecule has 12 heavy (non-hydrogen) atoms. The van der Waals surface area contributed by atoms with Gasteiger partial charge in [0, 0.05) is 5.56 Å². The molecule has 0 aliphatic carbocycles. The van der Waals surface area contributed by atoms with E-state index in [2.05, 4.69) is 27.6 Å². The Balaban J connectivity index is 2.44. The lowest BCUT2D eigenvalue weighted by Crippen LogP contribution is -2.00. The van der Waals surface area contributed by atoms with Crippen LogP contribution in [0.4, 0.5) is 0 Å². The van der Waals surface area contributed by atoms with Gasteiger partial charge in [-0.3, -0.25) is 0 Å². The van der Waals surface area contributed by atoms with Crippen LogP contribution in [0.25, 0.3) is 0 Å². The average molecular weight is 163 g/mol. The minimum absolute atomic E-state index is 0.172. The molecule has 0 amide bonds. The fraction of sp³-hybridized carbons (Fsp3) is 0.111. The van der Waals surface area contributed by atoms with Crippen molar-refractivity contribution >= 4 is 0 Å². The van der Waals surface area contributed by atoms with Crippen LogP contribution in [0.3, 0.4) is 0 Å². The van der Waals surface area contributed by atoms with Gasteiger partial charge in [-0.15, -0.1) is 4.99 Å². The van der Waals surface area contributed by atoms with Gasteiger partial charge in [0.2, 0.25) is 0 Å². The number of hydrogen-bond acceptors (Lipinski definition) is 3. The highest BCUT2D eigenvalue weighted by Gasteiger charge is 1.80. The monoisotopic (exact) mass is 163 g/mol. The van der Waals surface area contributed by atoms with Crippen LogP contribution in [0.2, 0.25) is 0 Å². The van der Waals surface area contributed by atoms with Crippen LogP contribution in [-0.4, -0.2) is 6.61 Å². The van der Waals surface area contributed by atoms with Crippen LogP contribution in [0.15, 0.2) is 30.3 Å². The first-order valence-electron chi connectivity index (χ1n) is 3.46. The zero-order valence-corrected chi connectivity index (χ0v) is 6.49. The summed E-state index contributed by atoms with van der Waals surface area (Å²) in [7, 11) is 0. The third-order valence-electron chi connectivity index (χ3n) is 1.21. The van der Waals surface area contributed by atoms with Crippen molar-refractivity contribution in [2.75, 3.05) is 6.61 Å². The highest BCUT2D eigenvalue weighted by atomic mass is 17.3. The first kappa shape index (κ1) is 8.75. The van der Waals surface area contributed by atoms with E-state index in [1.807, 2.05) is 30.3 Å². The molecule has 0 radical (unpaired) electrons. The Kier molecular flexibility index (Phi) is 3.89. The van der Waals surface area contributed by atoms with E-state index in [1.54, 1.807) is 0 Å². The smallest absolute Gasteiger partial charge is 0.145 e. The van der Waals surface area contributed by atoms with Gasteiger partial charge in [-0.2, -0.15) is 5.90 Å². The number of rotatable bonds is 2. The molecule has 62 valence electrons. The molecule has 0 aliphatic rings. The normalized spacial score (nSPS) is 8.75. The van der Waals surface area contributed by atoms with Crippen molar-refractivity contribution in [2.24, 2.45) is 5.90 Å². The maximum Gasteiger partial charge on any atom is 0.145 e. The summed E-state index contributed by atoms with van der Waals surface area (Å²) in [4.78, 5) is 8.24. The molecule has 3 nitrogen and oxygen atoms in total. The van der Waals surface area contributed by atoms with Crippen LogP contribution >= 0.6 is 0 Å². The topological polar surface area (TPSA) is 44.5 Å². The van der Waals surface area contributed by atoms with Crippen molar-refractivity contribution in [1.29, 1.82) is 0 Å². The molecular formula is C9H9NO2. The van der Waals surface area contributed by atoms with Gasteiger partial charge < -0.3 is 0 Å². The van der Waals surface area contributed by atoms with E-state index in [-0.39, 0.29) is 6.61 Å². The van der Waals surface area contributed by atoms with Gasteiger partial charge in [0.25, 0.3) is 0 Å². The molecule has 0 saturated carbocycles. The molecule has 0 atom stereocenters. The molecule has 0 unspecified atom stereocenters. The van der Waals surface area contributed by atoms with E-state index in [1.165, 1.54) is 0 Å². The summed E-state index contributed by atoms with van der Waals surface area (Å²) in [5.74, 6) is 10.2. The molecule has 0 aromatic heterocycles. The first-order valence-corrected chi connectivity index (χ1v) is 3.46. The predicted octanol–water partition coefficient (Wildman–Crippen LogP) is 0.860. The van der Waals surface area contributed by atoms with E-state index in [4.69, 9.17) is 0 Å². The second-order valence-electron chi connectivity index (χ2n) is 2.03. The Bertz CT molecular complexity index is 274. The number of nitrogens with two attached hydrogens (primary N) is 1. The van der Waals surface area contributed by atoms with Crippen LogP contribution in [-0.2, 0) is 9.88 Å². The van der Waals surface area contributed by atoms with Crippen LogP contribution in [0, 0.1) is 11.8 Å². The summed E-state index contributed by atoms with van der Waals surface area (Å²) >= 11 is 0. The molecule has 0 spiro atoms. The van der Waals surface area contributed by atoms with E-state index in [0.29, 0.717) is 0 Å². The van der Waals surface area contributed by atoms with Gasteiger partial charge in [0.1, 0.15) is 6.61 Å². The standard InChI is InChI=1S/C9H9NO2/c10-12-11-8-4-7-9-5-2-1-3-6-9/h1-3,5-6H,8,10H2. The molecule has 0 bridgehead atoms. The van der Waals surface area contributed by atoms with E-state index in [9.17, 15) is 0 Å². The molecule has 1 aromatic carbocycles. The third kappa shape index (κ3) is 3.17. The summed E-state index contributed by atoms with van der Waals surface area (Å²) in [6, 6.07) is 9.60. The van der Waals surface area contributed by atoms with Crippen LogP contribution in [0.1, 0.15) is 5.56 Å². The summed E-state index contributed by atoms with van der Waals surface area (Å²) in [5.41, 5.74) is 0.943. The maximum atomic E-state index is 4.62. The molecule has 1 aromatic rings. The summed E-state index contributed by atoms with van der Waals surface area (Å²) in [6.07, 6.45) is 0. The van der Waals surface area contributed by atoms with Gasteiger partial charge in [0.15, 0.2) is 0 Å². The van der Waals surface area contributed by atoms with Gasteiger partial charge in [-0.25, -0.2) is 4.89 Å². The lowest BCUT2D eigenvalue weighted by molar-refractivity contribution is -0.289. The summed E-state index contributed by atoms with van der Waals surface area (Å²) < 4.78 is 0. The zero-order valence-electron chi connectivity index (χ0n) is 6.49. The van der Waals surface area contributed by atoms with Crippen molar-refractivity contribution in [1.82, 2.24) is 0 Å². The highest BCUT2D eigenvalue weighted by Crippen LogP contribution is 1.94. The Labute approximate surface area is 71.0 Å². The fourth-order valence-corrected chi connectivity index (χ4v) is 0.723. The van der Waals surface area contributed by atoms with Gasteiger partial charge in [-0.1, -0.05) is 30.0 Å². The first-order chi connectivity index (χ1) is 5.93. The second kappa shape index (κ2) is 5.33. The molecule has 1 rings (SSSR count). The molecule has 0 aliphatic heterocycles. The molecule has 3 heteroatoms. The SMILES string of the molecule is NOOCC#Cc1ccccc1. The lowest BCUT2D eigenvalue weighted by Gasteiger charge is -1.88. The minimum atomic E-state index is 0.172. The van der Waals surface area contributed by atoms with Crippen LogP contribution < -0.4 is 5.90 Å². The van der Waals surface area contributed by atoms with Crippen molar-refractivity contribution in [2.45, 2.75) is 0 Å². The molecule has 2 N–H and O–H groups in total. The Morgan fingerprint density at radius 3 is 2.67 bits per heavy atom. The third-order valence-corrected chi connectivity index (χ3v) is 1.21. The molecular weight excluding hydrogens is 154 g/mol. The Morgan fingerprint density at radius 2 is 2.00 bits per heavy atom. The molecule has 0 saturated heterocycles. The van der Waals surface area contributed by atoms with Gasteiger partial charge in [0.05, 0.1) is 0 Å².